The van der Waals surface area contributed by atoms with E-state index >= 15 is 0 Å². The van der Waals surface area contributed by atoms with E-state index in [-0.39, 0.29) is 0 Å². The van der Waals surface area contributed by atoms with E-state index < -0.39 is 5.41 Å². The smallest absolute Gasteiger partial charge is 0.0721 e. The Labute approximate surface area is 432 Å². The van der Waals surface area contributed by atoms with Gasteiger partial charge in [-0.25, -0.2) is 0 Å². The summed E-state index contributed by atoms with van der Waals surface area (Å²) < 4.78 is 0. The number of anilines is 6. The van der Waals surface area contributed by atoms with Gasteiger partial charge in [-0.3, -0.25) is 0 Å². The number of rotatable bonds is 8. The highest BCUT2D eigenvalue weighted by Crippen LogP contribution is 2.60. The lowest BCUT2D eigenvalue weighted by Crippen LogP contribution is -2.29. The number of hydrogen-bond acceptors (Lipinski definition) is 2. The molecule has 14 rings (SSSR count). The van der Waals surface area contributed by atoms with Crippen LogP contribution in [-0.2, 0) is 5.41 Å². The van der Waals surface area contributed by atoms with E-state index in [0.717, 1.165) is 34.1 Å². The SMILES string of the molecule is Cc1ccc(N(c2ccc3c(c2)C(c2ccc(C)cc2)(c2cccc4ccccc24)c2cc(N(c4ccc(C)cc4)c4cc5ccccc5c5ccccc45)ccc2-3)c2cc3ccccc3c3ccccc23)cc1. The maximum absolute atomic E-state index is 2.52. The molecule has 0 spiro atoms. The topological polar surface area (TPSA) is 6.48 Å². The lowest BCUT2D eigenvalue weighted by Gasteiger charge is -2.37. The van der Waals surface area contributed by atoms with Crippen molar-refractivity contribution in [1.29, 1.82) is 0 Å². The molecular weight excluding hydrogens is 893 g/mol. The van der Waals surface area contributed by atoms with Gasteiger partial charge in [0.25, 0.3) is 0 Å². The predicted octanol–water partition coefficient (Wildman–Crippen LogP) is 19.7. The molecule has 0 aromatic heterocycles. The Kier molecular flexibility index (Phi) is 10.1. The van der Waals surface area contributed by atoms with Crippen LogP contribution in [0.25, 0.3) is 65.0 Å². The van der Waals surface area contributed by atoms with Gasteiger partial charge in [0, 0.05) is 33.5 Å². The van der Waals surface area contributed by atoms with Crippen molar-refractivity contribution in [3.8, 4) is 11.1 Å². The first-order valence-corrected chi connectivity index (χ1v) is 25.8. The lowest BCUT2D eigenvalue weighted by molar-refractivity contribution is 0.776. The van der Waals surface area contributed by atoms with Crippen molar-refractivity contribution in [3.63, 3.8) is 0 Å². The van der Waals surface area contributed by atoms with Crippen LogP contribution in [0.2, 0.25) is 0 Å². The molecule has 2 heteroatoms. The molecule has 13 aromatic carbocycles. The molecule has 13 aromatic rings. The summed E-state index contributed by atoms with van der Waals surface area (Å²) >= 11 is 0. The van der Waals surface area contributed by atoms with Gasteiger partial charge in [-0.05, 0) is 158 Å². The van der Waals surface area contributed by atoms with Crippen molar-refractivity contribution in [1.82, 2.24) is 0 Å². The summed E-state index contributed by atoms with van der Waals surface area (Å²) in [5.74, 6) is 0. The normalized spacial score (nSPS) is 12.6. The Morgan fingerprint density at radius 2 is 0.622 bits per heavy atom. The molecule has 0 amide bonds. The summed E-state index contributed by atoms with van der Waals surface area (Å²) in [6.45, 7) is 6.54. The van der Waals surface area contributed by atoms with Crippen LogP contribution in [0.15, 0.2) is 261 Å². The Balaban J connectivity index is 1.09. The second-order valence-electron chi connectivity index (χ2n) is 20.3. The molecule has 0 saturated heterocycles. The number of aryl methyl sites for hydroxylation is 3. The number of fused-ring (bicyclic) bond motifs is 10. The number of benzene rings is 13. The molecule has 0 bridgehead atoms. The molecule has 2 nitrogen and oxygen atoms in total. The number of hydrogen-bond donors (Lipinski definition) is 0. The number of nitrogens with zero attached hydrogens (tertiary/aromatic N) is 2. The van der Waals surface area contributed by atoms with Gasteiger partial charge in [0.15, 0.2) is 0 Å². The molecular formula is C72H52N2. The molecule has 350 valence electrons. The van der Waals surface area contributed by atoms with Crippen LogP contribution in [-0.4, -0.2) is 0 Å². The summed E-state index contributed by atoms with van der Waals surface area (Å²) in [6, 6.07) is 98.1. The largest absolute Gasteiger partial charge is 0.310 e. The molecule has 0 heterocycles. The summed E-state index contributed by atoms with van der Waals surface area (Å²) in [4.78, 5) is 4.99. The second-order valence-corrected chi connectivity index (χ2v) is 20.3. The Bertz CT molecular complexity index is 4110. The van der Waals surface area contributed by atoms with Gasteiger partial charge in [0.1, 0.15) is 0 Å². The minimum Gasteiger partial charge on any atom is -0.310 e. The van der Waals surface area contributed by atoms with E-state index in [1.54, 1.807) is 0 Å². The summed E-state index contributed by atoms with van der Waals surface area (Å²) in [6.07, 6.45) is 0. The molecule has 74 heavy (non-hydrogen) atoms. The third kappa shape index (κ3) is 6.79. The molecule has 0 aliphatic heterocycles. The van der Waals surface area contributed by atoms with E-state index in [1.165, 1.54) is 104 Å². The van der Waals surface area contributed by atoms with Crippen molar-refractivity contribution in [3.05, 3.63) is 300 Å². The molecule has 0 unspecified atom stereocenters. The van der Waals surface area contributed by atoms with Crippen molar-refractivity contribution in [2.45, 2.75) is 26.2 Å². The van der Waals surface area contributed by atoms with E-state index in [9.17, 15) is 0 Å². The lowest BCUT2D eigenvalue weighted by atomic mass is 9.66. The minimum absolute atomic E-state index is 0.750. The summed E-state index contributed by atoms with van der Waals surface area (Å²) in [5, 5.41) is 12.3. The van der Waals surface area contributed by atoms with E-state index in [1.807, 2.05) is 0 Å². The van der Waals surface area contributed by atoms with Crippen LogP contribution in [0, 0.1) is 20.8 Å². The first-order chi connectivity index (χ1) is 36.4. The maximum Gasteiger partial charge on any atom is 0.0721 e. The average molecular weight is 945 g/mol. The highest BCUT2D eigenvalue weighted by molar-refractivity contribution is 6.16. The Morgan fingerprint density at radius 1 is 0.257 bits per heavy atom. The minimum atomic E-state index is -0.750. The monoisotopic (exact) mass is 944 g/mol. The molecule has 0 radical (unpaired) electrons. The zero-order valence-electron chi connectivity index (χ0n) is 41.7. The van der Waals surface area contributed by atoms with Crippen molar-refractivity contribution >= 4 is 88.0 Å². The first-order valence-electron chi connectivity index (χ1n) is 25.8. The molecule has 1 aliphatic rings. The third-order valence-corrected chi connectivity index (χ3v) is 15.9. The zero-order chi connectivity index (χ0) is 49.5. The molecule has 0 fully saturated rings. The van der Waals surface area contributed by atoms with E-state index in [4.69, 9.17) is 0 Å². The quantitative estimate of drug-likeness (QED) is 0.140. The Morgan fingerprint density at radius 3 is 1.09 bits per heavy atom. The van der Waals surface area contributed by atoms with Gasteiger partial charge < -0.3 is 9.80 Å². The fraction of sp³-hybridized carbons (Fsp3) is 0.0556. The highest BCUT2D eigenvalue weighted by atomic mass is 15.2. The first kappa shape index (κ1) is 43.5. The van der Waals surface area contributed by atoms with Gasteiger partial charge >= 0.3 is 0 Å². The van der Waals surface area contributed by atoms with Crippen LogP contribution in [0.5, 0.6) is 0 Å². The van der Waals surface area contributed by atoms with Gasteiger partial charge in [0.05, 0.1) is 16.8 Å². The van der Waals surface area contributed by atoms with E-state index in [2.05, 4.69) is 291 Å². The summed E-state index contributed by atoms with van der Waals surface area (Å²) in [5.41, 5.74) is 17.1. The molecule has 0 atom stereocenters. The standard InChI is InChI=1S/C72H52N2/c1-47-27-33-53(34-28-47)72(67-26-14-18-50-15-4-9-21-60(50)67)68-45-56(73(54-35-29-48(2)30-36-54)70-43-51-16-5-7-19-58(51)61-22-10-12-24-65(61)70)39-41-63(68)64-42-40-57(46-69(64)72)74(55-37-31-49(3)32-38-55)71-44-52-17-6-8-20-59(52)62-23-11-13-25-66(62)71/h4-46H,1-3H3. The second kappa shape index (κ2) is 17.2. The average Bonchev–Trinajstić information content (AvgIpc) is 3.85. The highest BCUT2D eigenvalue weighted by Gasteiger charge is 2.48. The van der Waals surface area contributed by atoms with E-state index in [0.29, 0.717) is 0 Å². The van der Waals surface area contributed by atoms with Crippen LogP contribution in [0.4, 0.5) is 34.1 Å². The van der Waals surface area contributed by atoms with Gasteiger partial charge in [-0.2, -0.15) is 0 Å². The molecule has 1 aliphatic carbocycles. The van der Waals surface area contributed by atoms with Gasteiger partial charge in [0.2, 0.25) is 0 Å². The van der Waals surface area contributed by atoms with Gasteiger partial charge in [-0.15, -0.1) is 0 Å². The van der Waals surface area contributed by atoms with Crippen LogP contribution in [0.3, 0.4) is 0 Å². The van der Waals surface area contributed by atoms with Gasteiger partial charge in [-0.1, -0.05) is 217 Å². The van der Waals surface area contributed by atoms with Crippen molar-refractivity contribution in [2.75, 3.05) is 9.80 Å². The fourth-order valence-corrected chi connectivity index (χ4v) is 12.4. The Hall–Kier alpha value is -9.24. The fourth-order valence-electron chi connectivity index (χ4n) is 12.4. The van der Waals surface area contributed by atoms with Crippen LogP contribution >= 0.6 is 0 Å². The summed E-state index contributed by atoms with van der Waals surface area (Å²) in [7, 11) is 0. The maximum atomic E-state index is 2.52. The van der Waals surface area contributed by atoms with Crippen molar-refractivity contribution in [2.24, 2.45) is 0 Å². The van der Waals surface area contributed by atoms with Crippen LogP contribution in [0.1, 0.15) is 38.9 Å². The van der Waals surface area contributed by atoms with Crippen LogP contribution < -0.4 is 9.80 Å². The predicted molar refractivity (Wildman–Crippen MR) is 315 cm³/mol. The van der Waals surface area contributed by atoms with Crippen molar-refractivity contribution < 1.29 is 0 Å². The zero-order valence-corrected chi connectivity index (χ0v) is 41.7. The third-order valence-electron chi connectivity index (χ3n) is 15.9. The molecule has 0 N–H and O–H groups in total. The molecule has 0 saturated carbocycles.